The number of fused-ring (bicyclic) bond motifs is 1. The quantitative estimate of drug-likeness (QED) is 0.880. The molecule has 1 aliphatic rings. The predicted octanol–water partition coefficient (Wildman–Crippen LogP) is 2.67. The first-order chi connectivity index (χ1) is 8.43. The number of furan rings is 1. The third-order valence-electron chi connectivity index (χ3n) is 3.25. The number of nitrogens with one attached hydrogen (secondary N) is 1. The van der Waals surface area contributed by atoms with Crippen molar-refractivity contribution < 1.29 is 9.15 Å². The number of hydrogen-bond acceptors (Lipinski definition) is 4. The van der Waals surface area contributed by atoms with E-state index in [0.717, 1.165) is 43.0 Å². The molecule has 4 heteroatoms. The van der Waals surface area contributed by atoms with E-state index in [0.29, 0.717) is 5.92 Å². The van der Waals surface area contributed by atoms with Gasteiger partial charge in [0, 0.05) is 26.0 Å². The zero-order chi connectivity index (χ0) is 11.5. The zero-order valence-corrected chi connectivity index (χ0v) is 9.69. The summed E-state index contributed by atoms with van der Waals surface area (Å²) in [6.07, 6.45) is 5.79. The first-order valence-corrected chi connectivity index (χ1v) is 6.07. The summed E-state index contributed by atoms with van der Waals surface area (Å²) in [7, 11) is 0. The molecule has 17 heavy (non-hydrogen) atoms. The zero-order valence-electron chi connectivity index (χ0n) is 9.69. The molecule has 3 heterocycles. The van der Waals surface area contributed by atoms with Crippen molar-refractivity contribution >= 4 is 16.8 Å². The molecule has 0 bridgehead atoms. The SMILES string of the molecule is c1cc2occc2c(NCCC2CCOC2)n1. The molecule has 1 N–H and O–H groups in total. The summed E-state index contributed by atoms with van der Waals surface area (Å²) in [6.45, 7) is 2.76. The number of pyridine rings is 1. The molecule has 0 aromatic carbocycles. The Hall–Kier alpha value is -1.55. The minimum absolute atomic E-state index is 0.700. The van der Waals surface area contributed by atoms with Crippen LogP contribution in [0.4, 0.5) is 5.82 Å². The van der Waals surface area contributed by atoms with Crippen LogP contribution < -0.4 is 5.32 Å². The van der Waals surface area contributed by atoms with Gasteiger partial charge in [-0.15, -0.1) is 0 Å². The minimum Gasteiger partial charge on any atom is -0.464 e. The fourth-order valence-corrected chi connectivity index (χ4v) is 2.24. The Morgan fingerprint density at radius 1 is 1.41 bits per heavy atom. The van der Waals surface area contributed by atoms with E-state index in [2.05, 4.69) is 10.3 Å². The molecule has 2 aromatic heterocycles. The normalized spacial score (nSPS) is 19.9. The molecule has 0 saturated carbocycles. The Morgan fingerprint density at radius 2 is 2.41 bits per heavy atom. The Balaban J connectivity index is 1.62. The number of hydrogen-bond donors (Lipinski definition) is 1. The lowest BCUT2D eigenvalue weighted by Gasteiger charge is -2.09. The maximum absolute atomic E-state index is 5.36. The van der Waals surface area contributed by atoms with E-state index in [1.54, 1.807) is 12.5 Å². The van der Waals surface area contributed by atoms with Crippen molar-refractivity contribution in [2.45, 2.75) is 12.8 Å². The largest absolute Gasteiger partial charge is 0.464 e. The summed E-state index contributed by atoms with van der Waals surface area (Å²) >= 11 is 0. The molecular weight excluding hydrogens is 216 g/mol. The van der Waals surface area contributed by atoms with Crippen LogP contribution in [0, 0.1) is 5.92 Å². The van der Waals surface area contributed by atoms with Gasteiger partial charge in [0.1, 0.15) is 11.4 Å². The van der Waals surface area contributed by atoms with Crippen molar-refractivity contribution in [2.24, 2.45) is 5.92 Å². The van der Waals surface area contributed by atoms with Gasteiger partial charge in [-0.25, -0.2) is 4.98 Å². The van der Waals surface area contributed by atoms with E-state index in [-0.39, 0.29) is 0 Å². The Labute approximate surface area is 100.0 Å². The molecule has 0 aliphatic carbocycles. The second-order valence-electron chi connectivity index (χ2n) is 4.44. The van der Waals surface area contributed by atoms with Gasteiger partial charge in [-0.2, -0.15) is 0 Å². The first-order valence-electron chi connectivity index (χ1n) is 6.07. The third-order valence-corrected chi connectivity index (χ3v) is 3.25. The van der Waals surface area contributed by atoms with Crippen LogP contribution in [-0.4, -0.2) is 24.7 Å². The highest BCUT2D eigenvalue weighted by Gasteiger charge is 2.15. The molecule has 3 rings (SSSR count). The Kier molecular flexibility index (Phi) is 2.96. The van der Waals surface area contributed by atoms with Crippen LogP contribution in [0.3, 0.4) is 0 Å². The van der Waals surface area contributed by atoms with E-state index in [1.165, 1.54) is 6.42 Å². The molecule has 4 nitrogen and oxygen atoms in total. The van der Waals surface area contributed by atoms with Crippen LogP contribution in [0.1, 0.15) is 12.8 Å². The van der Waals surface area contributed by atoms with Gasteiger partial charge in [0.25, 0.3) is 0 Å². The summed E-state index contributed by atoms with van der Waals surface area (Å²) in [5.41, 5.74) is 0.881. The summed E-state index contributed by atoms with van der Waals surface area (Å²) in [4.78, 5) is 4.34. The molecule has 0 amide bonds. The van der Waals surface area contributed by atoms with Crippen molar-refractivity contribution in [3.63, 3.8) is 0 Å². The number of rotatable bonds is 4. The number of aromatic nitrogens is 1. The summed E-state index contributed by atoms with van der Waals surface area (Å²) in [5, 5.41) is 4.43. The highest BCUT2D eigenvalue weighted by atomic mass is 16.5. The summed E-state index contributed by atoms with van der Waals surface area (Å²) in [6, 6.07) is 3.83. The fourth-order valence-electron chi connectivity index (χ4n) is 2.24. The van der Waals surface area contributed by atoms with Crippen molar-refractivity contribution in [1.29, 1.82) is 0 Å². The lowest BCUT2D eigenvalue weighted by atomic mass is 10.1. The van der Waals surface area contributed by atoms with Crippen LogP contribution in [0.25, 0.3) is 11.0 Å². The van der Waals surface area contributed by atoms with Crippen molar-refractivity contribution in [3.05, 3.63) is 24.6 Å². The van der Waals surface area contributed by atoms with E-state index < -0.39 is 0 Å². The molecular formula is C13H16N2O2. The molecule has 2 aromatic rings. The maximum Gasteiger partial charge on any atom is 0.139 e. The summed E-state index contributed by atoms with van der Waals surface area (Å²) in [5.74, 6) is 1.61. The molecule has 90 valence electrons. The van der Waals surface area contributed by atoms with Gasteiger partial charge in [0.15, 0.2) is 0 Å². The third kappa shape index (κ3) is 2.26. The average Bonchev–Trinajstić information content (AvgIpc) is 2.99. The second kappa shape index (κ2) is 4.75. The summed E-state index contributed by atoms with van der Waals surface area (Å²) < 4.78 is 10.7. The first kappa shape index (κ1) is 10.6. The van der Waals surface area contributed by atoms with Crippen LogP contribution in [-0.2, 0) is 4.74 Å². The number of anilines is 1. The van der Waals surface area contributed by atoms with Crippen molar-refractivity contribution in [1.82, 2.24) is 4.98 Å². The van der Waals surface area contributed by atoms with E-state index >= 15 is 0 Å². The smallest absolute Gasteiger partial charge is 0.139 e. The van der Waals surface area contributed by atoms with Gasteiger partial charge >= 0.3 is 0 Å². The van der Waals surface area contributed by atoms with Crippen LogP contribution in [0.15, 0.2) is 29.0 Å². The van der Waals surface area contributed by atoms with Gasteiger partial charge in [0.05, 0.1) is 11.6 Å². The van der Waals surface area contributed by atoms with Crippen molar-refractivity contribution in [2.75, 3.05) is 25.1 Å². The highest BCUT2D eigenvalue weighted by molar-refractivity contribution is 5.87. The van der Waals surface area contributed by atoms with E-state index in [4.69, 9.17) is 9.15 Å². The van der Waals surface area contributed by atoms with Crippen molar-refractivity contribution in [3.8, 4) is 0 Å². The minimum atomic E-state index is 0.700. The van der Waals surface area contributed by atoms with E-state index in [9.17, 15) is 0 Å². The van der Waals surface area contributed by atoms with Gasteiger partial charge in [-0.1, -0.05) is 0 Å². The molecule has 1 unspecified atom stereocenters. The Morgan fingerprint density at radius 3 is 3.29 bits per heavy atom. The van der Waals surface area contributed by atoms with Crippen LogP contribution in [0.2, 0.25) is 0 Å². The number of nitrogens with zero attached hydrogens (tertiary/aromatic N) is 1. The Bertz CT molecular complexity index is 489. The van der Waals surface area contributed by atoms with E-state index in [1.807, 2.05) is 12.1 Å². The van der Waals surface area contributed by atoms with Crippen LogP contribution in [0.5, 0.6) is 0 Å². The predicted molar refractivity (Wildman–Crippen MR) is 66.0 cm³/mol. The van der Waals surface area contributed by atoms with Gasteiger partial charge in [-0.05, 0) is 30.9 Å². The van der Waals surface area contributed by atoms with Crippen LogP contribution >= 0.6 is 0 Å². The standard InChI is InChI=1S/C13H16N2O2/c1(10-3-7-16-9-10)5-14-13-11-4-8-17-12(11)2-6-15-13/h2,4,6,8,10H,1,3,5,7,9H2,(H,14,15). The molecule has 1 atom stereocenters. The highest BCUT2D eigenvalue weighted by Crippen LogP contribution is 2.22. The lowest BCUT2D eigenvalue weighted by molar-refractivity contribution is 0.185. The average molecular weight is 232 g/mol. The molecule has 0 spiro atoms. The topological polar surface area (TPSA) is 47.3 Å². The maximum atomic E-state index is 5.36. The number of ether oxygens (including phenoxy) is 1. The lowest BCUT2D eigenvalue weighted by Crippen LogP contribution is -2.09. The fraction of sp³-hybridized carbons (Fsp3) is 0.462. The molecule has 0 radical (unpaired) electrons. The molecule has 1 aliphatic heterocycles. The van der Waals surface area contributed by atoms with Gasteiger partial charge < -0.3 is 14.5 Å². The monoisotopic (exact) mass is 232 g/mol. The second-order valence-corrected chi connectivity index (χ2v) is 4.44. The molecule has 1 fully saturated rings. The van der Waals surface area contributed by atoms with Gasteiger partial charge in [-0.3, -0.25) is 0 Å². The van der Waals surface area contributed by atoms with Gasteiger partial charge in [0.2, 0.25) is 0 Å². The molecule has 1 saturated heterocycles.